The molecule has 0 N–H and O–H groups in total. The van der Waals surface area contributed by atoms with Gasteiger partial charge in [0.25, 0.3) is 0 Å². The molecule has 0 aliphatic heterocycles. The van der Waals surface area contributed by atoms with Gasteiger partial charge in [-0.2, -0.15) is 0 Å². The van der Waals surface area contributed by atoms with E-state index >= 15 is 0 Å². The van der Waals surface area contributed by atoms with E-state index in [1.807, 2.05) is 50.3 Å². The minimum atomic E-state index is 1.62. The van der Waals surface area contributed by atoms with Crippen LogP contribution in [0.5, 0.6) is 0 Å². The first-order chi connectivity index (χ1) is 5.41. The Hall–Kier alpha value is -1.24. The highest BCUT2D eigenvalue weighted by atomic mass is 16.5. The van der Waals surface area contributed by atoms with E-state index in [1.54, 1.807) is 12.5 Å². The zero-order chi connectivity index (χ0) is 8.36. The van der Waals surface area contributed by atoms with Crippen molar-refractivity contribution in [1.29, 1.82) is 0 Å². The van der Waals surface area contributed by atoms with Crippen LogP contribution in [0.4, 0.5) is 0 Å². The van der Waals surface area contributed by atoms with Crippen LogP contribution in [-0.4, -0.2) is 0 Å². The zero-order valence-corrected chi connectivity index (χ0v) is 7.03. The summed E-state index contributed by atoms with van der Waals surface area (Å²) < 4.78 is 4.93. The maximum absolute atomic E-state index is 4.93. The van der Waals surface area contributed by atoms with Crippen LogP contribution in [0, 0.1) is 0 Å². The maximum Gasteiger partial charge on any atom is 0.0901 e. The SMILES string of the molecule is C\C=C/C=C\C=C\O/C=C/C. The fourth-order valence-corrected chi connectivity index (χ4v) is 0.454. The summed E-state index contributed by atoms with van der Waals surface area (Å²) in [4.78, 5) is 0. The zero-order valence-electron chi connectivity index (χ0n) is 7.03. The summed E-state index contributed by atoms with van der Waals surface area (Å²) in [5.41, 5.74) is 0. The second-order valence-corrected chi connectivity index (χ2v) is 1.84. The van der Waals surface area contributed by atoms with E-state index in [4.69, 9.17) is 4.74 Å². The molecule has 0 aromatic heterocycles. The molecule has 0 aromatic carbocycles. The Labute approximate surface area is 68.4 Å². The van der Waals surface area contributed by atoms with E-state index < -0.39 is 0 Å². The van der Waals surface area contributed by atoms with Crippen LogP contribution in [0.2, 0.25) is 0 Å². The summed E-state index contributed by atoms with van der Waals surface area (Å²) in [6.45, 7) is 3.88. The van der Waals surface area contributed by atoms with Crippen LogP contribution in [0.25, 0.3) is 0 Å². The standard InChI is InChI=1S/C10H14O/c1-3-5-6-7-8-10-11-9-4-2/h3-10H,1-2H3/b5-3-,7-6-,9-4+,10-8+. The molecule has 0 bridgehead atoms. The summed E-state index contributed by atoms with van der Waals surface area (Å²) in [5.74, 6) is 0. The minimum Gasteiger partial charge on any atom is -0.473 e. The molecule has 0 amide bonds. The number of ether oxygens (including phenoxy) is 1. The maximum atomic E-state index is 4.93. The lowest BCUT2D eigenvalue weighted by Gasteiger charge is -1.83. The minimum absolute atomic E-state index is 1.62. The summed E-state index contributed by atoms with van der Waals surface area (Å²) in [6, 6.07) is 0. The van der Waals surface area contributed by atoms with Crippen molar-refractivity contribution >= 4 is 0 Å². The Balaban J connectivity index is 3.43. The van der Waals surface area contributed by atoms with Gasteiger partial charge in [-0.05, 0) is 19.9 Å². The highest BCUT2D eigenvalue weighted by Crippen LogP contribution is 1.82. The first-order valence-corrected chi connectivity index (χ1v) is 3.63. The van der Waals surface area contributed by atoms with Crippen LogP contribution in [-0.2, 0) is 4.74 Å². The summed E-state index contributed by atoms with van der Waals surface area (Å²) in [6.07, 6.45) is 14.7. The lowest BCUT2D eigenvalue weighted by Crippen LogP contribution is -1.61. The highest BCUT2D eigenvalue weighted by Gasteiger charge is 1.63. The molecule has 11 heavy (non-hydrogen) atoms. The van der Waals surface area contributed by atoms with E-state index in [1.165, 1.54) is 0 Å². The van der Waals surface area contributed by atoms with Crippen molar-refractivity contribution in [1.82, 2.24) is 0 Å². The molecule has 0 unspecified atom stereocenters. The molecule has 60 valence electrons. The normalized spacial score (nSPS) is 12.9. The van der Waals surface area contributed by atoms with E-state index in [-0.39, 0.29) is 0 Å². The van der Waals surface area contributed by atoms with Crippen molar-refractivity contribution in [2.24, 2.45) is 0 Å². The van der Waals surface area contributed by atoms with Gasteiger partial charge in [0.05, 0.1) is 12.5 Å². The molecule has 0 atom stereocenters. The second kappa shape index (κ2) is 8.76. The second-order valence-electron chi connectivity index (χ2n) is 1.84. The van der Waals surface area contributed by atoms with Crippen molar-refractivity contribution in [2.45, 2.75) is 13.8 Å². The predicted molar refractivity (Wildman–Crippen MR) is 49.0 cm³/mol. The largest absolute Gasteiger partial charge is 0.473 e. The fraction of sp³-hybridized carbons (Fsp3) is 0.200. The molecular formula is C10H14O. The molecule has 0 saturated heterocycles. The van der Waals surface area contributed by atoms with Crippen LogP contribution >= 0.6 is 0 Å². The van der Waals surface area contributed by atoms with Crippen LogP contribution in [0.3, 0.4) is 0 Å². The van der Waals surface area contributed by atoms with Crippen molar-refractivity contribution in [3.8, 4) is 0 Å². The number of allylic oxidation sites excluding steroid dienone is 6. The molecule has 0 aliphatic rings. The van der Waals surface area contributed by atoms with Gasteiger partial charge < -0.3 is 4.74 Å². The lowest BCUT2D eigenvalue weighted by molar-refractivity contribution is 0.402. The van der Waals surface area contributed by atoms with Crippen LogP contribution in [0.15, 0.2) is 49.0 Å². The molecule has 0 rings (SSSR count). The van der Waals surface area contributed by atoms with Gasteiger partial charge in [-0.25, -0.2) is 0 Å². The van der Waals surface area contributed by atoms with Crippen LogP contribution < -0.4 is 0 Å². The molecule has 0 aliphatic carbocycles. The van der Waals surface area contributed by atoms with Crippen molar-refractivity contribution in [3.05, 3.63) is 49.0 Å². The lowest BCUT2D eigenvalue weighted by atomic mass is 10.4. The Morgan fingerprint density at radius 3 is 2.09 bits per heavy atom. The van der Waals surface area contributed by atoms with E-state index in [2.05, 4.69) is 0 Å². The fourth-order valence-electron chi connectivity index (χ4n) is 0.454. The van der Waals surface area contributed by atoms with Gasteiger partial charge in [0, 0.05) is 0 Å². The van der Waals surface area contributed by atoms with Gasteiger partial charge in [-0.3, -0.25) is 0 Å². The van der Waals surface area contributed by atoms with Gasteiger partial charge in [-0.1, -0.05) is 30.4 Å². The van der Waals surface area contributed by atoms with Gasteiger partial charge in [0.1, 0.15) is 0 Å². The van der Waals surface area contributed by atoms with Crippen LogP contribution in [0.1, 0.15) is 13.8 Å². The Morgan fingerprint density at radius 1 is 0.727 bits per heavy atom. The van der Waals surface area contributed by atoms with E-state index in [0.717, 1.165) is 0 Å². The molecule has 0 spiro atoms. The molecule has 0 radical (unpaired) electrons. The van der Waals surface area contributed by atoms with Gasteiger partial charge in [0.2, 0.25) is 0 Å². The summed E-state index contributed by atoms with van der Waals surface area (Å²) >= 11 is 0. The monoisotopic (exact) mass is 150 g/mol. The topological polar surface area (TPSA) is 9.23 Å². The third kappa shape index (κ3) is 8.76. The quantitative estimate of drug-likeness (QED) is 0.441. The first-order valence-electron chi connectivity index (χ1n) is 3.63. The van der Waals surface area contributed by atoms with Gasteiger partial charge in [0.15, 0.2) is 0 Å². The third-order valence-electron chi connectivity index (χ3n) is 0.898. The Bertz CT molecular complexity index is 173. The van der Waals surface area contributed by atoms with Crippen molar-refractivity contribution in [2.75, 3.05) is 0 Å². The summed E-state index contributed by atoms with van der Waals surface area (Å²) in [7, 11) is 0. The highest BCUT2D eigenvalue weighted by molar-refractivity contribution is 5.09. The predicted octanol–water partition coefficient (Wildman–Crippen LogP) is 3.18. The molecule has 0 aromatic rings. The molecule has 1 heteroatoms. The van der Waals surface area contributed by atoms with E-state index in [9.17, 15) is 0 Å². The smallest absolute Gasteiger partial charge is 0.0901 e. The average Bonchev–Trinajstić information content (AvgIpc) is 2.03. The molecule has 0 fully saturated rings. The number of hydrogen-bond donors (Lipinski definition) is 0. The number of hydrogen-bond acceptors (Lipinski definition) is 1. The third-order valence-corrected chi connectivity index (χ3v) is 0.898. The van der Waals surface area contributed by atoms with Crippen molar-refractivity contribution in [3.63, 3.8) is 0 Å². The molecule has 0 saturated carbocycles. The average molecular weight is 150 g/mol. The molecular weight excluding hydrogens is 136 g/mol. The van der Waals surface area contributed by atoms with E-state index in [0.29, 0.717) is 0 Å². The Kier molecular flexibility index (Phi) is 7.77. The van der Waals surface area contributed by atoms with Crippen molar-refractivity contribution < 1.29 is 4.74 Å². The van der Waals surface area contributed by atoms with Gasteiger partial charge in [-0.15, -0.1) is 0 Å². The van der Waals surface area contributed by atoms with Gasteiger partial charge >= 0.3 is 0 Å². The number of rotatable bonds is 4. The summed E-state index contributed by atoms with van der Waals surface area (Å²) in [5, 5.41) is 0. The molecule has 1 nitrogen and oxygen atoms in total. The Morgan fingerprint density at radius 2 is 1.45 bits per heavy atom. The first kappa shape index (κ1) is 9.76. The molecule has 0 heterocycles.